The molecule has 2 aromatic carbocycles. The zero-order valence-corrected chi connectivity index (χ0v) is 19.6. The topological polar surface area (TPSA) is 79.4 Å². The Labute approximate surface area is 200 Å². The van der Waals surface area contributed by atoms with E-state index in [0.29, 0.717) is 28.1 Å². The zero-order valence-electron chi connectivity index (χ0n) is 18.0. The standard InChI is InChI=1S/C24H22ClN3O4S/c1-30-18-7-4-15(5-8-18)23-26-27-24(28(23)13-19-3-2-10-31-19)33-14-20(29)22-12-16-11-17(25)6-9-21(16)32-22/h4-9,11-12,19H,2-3,10,13-14H2,1H3/t19-/m0/s1. The highest BCUT2D eigenvalue weighted by molar-refractivity contribution is 7.99. The Morgan fingerprint density at radius 2 is 2.06 bits per heavy atom. The summed E-state index contributed by atoms with van der Waals surface area (Å²) < 4.78 is 18.9. The summed E-state index contributed by atoms with van der Waals surface area (Å²) in [5.74, 6) is 1.88. The van der Waals surface area contributed by atoms with Crippen molar-refractivity contribution in [2.75, 3.05) is 19.5 Å². The molecule has 0 saturated carbocycles. The number of thioether (sulfide) groups is 1. The van der Waals surface area contributed by atoms with Gasteiger partial charge in [0, 0.05) is 22.6 Å². The molecule has 0 aliphatic carbocycles. The predicted octanol–water partition coefficient (Wildman–Crippen LogP) is 5.51. The lowest BCUT2D eigenvalue weighted by molar-refractivity contribution is 0.0953. The zero-order chi connectivity index (χ0) is 22.8. The van der Waals surface area contributed by atoms with Crippen LogP contribution in [0.15, 0.2) is 58.1 Å². The third-order valence-corrected chi connectivity index (χ3v) is 6.76. The first-order chi connectivity index (χ1) is 16.1. The molecule has 3 heterocycles. The van der Waals surface area contributed by atoms with Gasteiger partial charge < -0.3 is 13.9 Å². The van der Waals surface area contributed by atoms with Crippen molar-refractivity contribution in [1.82, 2.24) is 14.8 Å². The van der Waals surface area contributed by atoms with Crippen molar-refractivity contribution < 1.29 is 18.7 Å². The number of Topliss-reactive ketones (excluding diaryl/α,β-unsaturated/α-hetero) is 1. The third kappa shape index (κ3) is 4.78. The molecule has 2 aromatic heterocycles. The molecule has 0 spiro atoms. The summed E-state index contributed by atoms with van der Waals surface area (Å²) >= 11 is 7.38. The number of methoxy groups -OCH3 is 1. The first-order valence-electron chi connectivity index (χ1n) is 10.6. The third-order valence-electron chi connectivity index (χ3n) is 5.56. The first kappa shape index (κ1) is 22.0. The largest absolute Gasteiger partial charge is 0.497 e. The summed E-state index contributed by atoms with van der Waals surface area (Å²) in [5.41, 5.74) is 1.56. The molecule has 1 aliphatic heterocycles. The maximum Gasteiger partial charge on any atom is 0.208 e. The van der Waals surface area contributed by atoms with Crippen molar-refractivity contribution in [3.63, 3.8) is 0 Å². The summed E-state index contributed by atoms with van der Waals surface area (Å²) in [6, 6.07) is 14.7. The molecule has 7 nitrogen and oxygen atoms in total. The van der Waals surface area contributed by atoms with Gasteiger partial charge in [-0.3, -0.25) is 9.36 Å². The molecule has 1 saturated heterocycles. The molecule has 0 N–H and O–H groups in total. The van der Waals surface area contributed by atoms with Gasteiger partial charge in [0.1, 0.15) is 11.3 Å². The number of benzene rings is 2. The van der Waals surface area contributed by atoms with Crippen molar-refractivity contribution in [2.24, 2.45) is 0 Å². The van der Waals surface area contributed by atoms with Crippen LogP contribution in [0.4, 0.5) is 0 Å². The molecule has 0 amide bonds. The van der Waals surface area contributed by atoms with Crippen LogP contribution in [-0.2, 0) is 11.3 Å². The Bertz CT molecular complexity index is 1280. The maximum atomic E-state index is 12.8. The van der Waals surface area contributed by atoms with Crippen LogP contribution in [0.3, 0.4) is 0 Å². The summed E-state index contributed by atoms with van der Waals surface area (Å²) in [6.07, 6.45) is 2.14. The number of hydrogen-bond donors (Lipinski definition) is 0. The van der Waals surface area contributed by atoms with Gasteiger partial charge in [0.25, 0.3) is 0 Å². The number of ether oxygens (including phenoxy) is 2. The molecule has 1 fully saturated rings. The van der Waals surface area contributed by atoms with Crippen LogP contribution in [0.5, 0.6) is 5.75 Å². The average molecular weight is 484 g/mol. The van der Waals surface area contributed by atoms with Crippen LogP contribution < -0.4 is 4.74 Å². The van der Waals surface area contributed by atoms with E-state index >= 15 is 0 Å². The van der Waals surface area contributed by atoms with E-state index in [1.807, 2.05) is 28.8 Å². The number of halogens is 1. The Morgan fingerprint density at radius 1 is 1.21 bits per heavy atom. The highest BCUT2D eigenvalue weighted by Crippen LogP contribution is 2.29. The number of aromatic nitrogens is 3. The fraction of sp³-hybridized carbons (Fsp3) is 0.292. The number of carbonyl (C=O) groups is 1. The molecule has 0 radical (unpaired) electrons. The number of fused-ring (bicyclic) bond motifs is 1. The van der Waals surface area contributed by atoms with E-state index in [2.05, 4.69) is 10.2 Å². The highest BCUT2D eigenvalue weighted by atomic mass is 35.5. The lowest BCUT2D eigenvalue weighted by atomic mass is 10.2. The minimum atomic E-state index is -0.120. The number of hydrogen-bond acceptors (Lipinski definition) is 7. The molecule has 0 unspecified atom stereocenters. The SMILES string of the molecule is COc1ccc(-c2nnc(SCC(=O)c3cc4cc(Cl)ccc4o3)n2C[C@@H]2CCCO2)cc1. The van der Waals surface area contributed by atoms with Crippen molar-refractivity contribution in [1.29, 1.82) is 0 Å². The quantitative estimate of drug-likeness (QED) is 0.241. The number of ketones is 1. The molecule has 0 bridgehead atoms. The molecule has 5 rings (SSSR count). The number of rotatable bonds is 8. The van der Waals surface area contributed by atoms with Crippen molar-refractivity contribution in [3.8, 4) is 17.1 Å². The van der Waals surface area contributed by atoms with Crippen molar-refractivity contribution in [2.45, 2.75) is 30.6 Å². The minimum Gasteiger partial charge on any atom is -0.497 e. The van der Waals surface area contributed by atoms with Gasteiger partial charge >= 0.3 is 0 Å². The predicted molar refractivity (Wildman–Crippen MR) is 127 cm³/mol. The van der Waals surface area contributed by atoms with Gasteiger partial charge in [0.05, 0.1) is 25.5 Å². The molecule has 4 aromatic rings. The van der Waals surface area contributed by atoms with E-state index < -0.39 is 0 Å². The van der Waals surface area contributed by atoms with Gasteiger partial charge in [0.2, 0.25) is 5.78 Å². The van der Waals surface area contributed by atoms with Crippen LogP contribution in [0.2, 0.25) is 5.02 Å². The second kappa shape index (κ2) is 9.59. The smallest absolute Gasteiger partial charge is 0.208 e. The van der Waals surface area contributed by atoms with Gasteiger partial charge in [-0.1, -0.05) is 23.4 Å². The molecular formula is C24H22ClN3O4S. The van der Waals surface area contributed by atoms with Crippen molar-refractivity contribution >= 4 is 40.1 Å². The average Bonchev–Trinajstić information content (AvgIpc) is 3.58. The number of furan rings is 1. The van der Waals surface area contributed by atoms with Crippen molar-refractivity contribution in [3.05, 3.63) is 59.3 Å². The second-order valence-corrected chi connectivity index (χ2v) is 9.16. The summed E-state index contributed by atoms with van der Waals surface area (Å²) in [4.78, 5) is 12.8. The van der Waals surface area contributed by atoms with Gasteiger partial charge in [-0.05, 0) is 61.4 Å². The molecule has 1 aliphatic rings. The van der Waals surface area contributed by atoms with Gasteiger partial charge in [-0.15, -0.1) is 10.2 Å². The van der Waals surface area contributed by atoms with Crippen LogP contribution in [0, 0.1) is 0 Å². The van der Waals surface area contributed by atoms with Crippen LogP contribution in [-0.4, -0.2) is 46.1 Å². The van der Waals surface area contributed by atoms with Gasteiger partial charge in [-0.2, -0.15) is 0 Å². The van der Waals surface area contributed by atoms with Crippen LogP contribution in [0.1, 0.15) is 23.4 Å². The molecule has 9 heteroatoms. The van der Waals surface area contributed by atoms with E-state index in [-0.39, 0.29) is 17.6 Å². The number of nitrogens with zero attached hydrogens (tertiary/aromatic N) is 3. The van der Waals surface area contributed by atoms with E-state index in [9.17, 15) is 4.79 Å². The van der Waals surface area contributed by atoms with Gasteiger partial charge in [0.15, 0.2) is 16.7 Å². The molecule has 1 atom stereocenters. The Hall–Kier alpha value is -2.81. The minimum absolute atomic E-state index is 0.105. The second-order valence-electron chi connectivity index (χ2n) is 7.78. The maximum absolute atomic E-state index is 12.8. The summed E-state index contributed by atoms with van der Waals surface area (Å²) in [6.45, 7) is 1.40. The summed E-state index contributed by atoms with van der Waals surface area (Å²) in [5, 5.41) is 10.9. The van der Waals surface area contributed by atoms with Crippen LogP contribution >= 0.6 is 23.4 Å². The highest BCUT2D eigenvalue weighted by Gasteiger charge is 2.23. The van der Waals surface area contributed by atoms with E-state index in [1.54, 1.807) is 31.4 Å². The molecular weight excluding hydrogens is 462 g/mol. The molecule has 170 valence electrons. The first-order valence-corrected chi connectivity index (χ1v) is 12.0. The number of carbonyl (C=O) groups excluding carboxylic acids is 1. The lowest BCUT2D eigenvalue weighted by Gasteiger charge is -2.14. The van der Waals surface area contributed by atoms with E-state index in [4.69, 9.17) is 25.5 Å². The normalized spacial score (nSPS) is 15.9. The lowest BCUT2D eigenvalue weighted by Crippen LogP contribution is -2.17. The molecule has 33 heavy (non-hydrogen) atoms. The fourth-order valence-electron chi connectivity index (χ4n) is 3.86. The van der Waals surface area contributed by atoms with E-state index in [1.165, 1.54) is 11.8 Å². The van der Waals surface area contributed by atoms with Crippen LogP contribution in [0.25, 0.3) is 22.4 Å². The Morgan fingerprint density at radius 3 is 2.82 bits per heavy atom. The van der Waals surface area contributed by atoms with E-state index in [0.717, 1.165) is 42.0 Å². The Kier molecular flexibility index (Phi) is 6.39. The Balaban J connectivity index is 1.37. The summed E-state index contributed by atoms with van der Waals surface area (Å²) in [7, 11) is 1.64. The fourth-order valence-corrected chi connectivity index (χ4v) is 4.86. The van der Waals surface area contributed by atoms with Gasteiger partial charge in [-0.25, -0.2) is 0 Å². The monoisotopic (exact) mass is 483 g/mol.